The monoisotopic (exact) mass is 508 g/mol. The van der Waals surface area contributed by atoms with Crippen molar-refractivity contribution in [3.8, 4) is 0 Å². The van der Waals surface area contributed by atoms with Gasteiger partial charge in [-0.15, -0.1) is 17.5 Å². The number of hydrogen-bond acceptors (Lipinski definition) is 7. The van der Waals surface area contributed by atoms with Crippen LogP contribution in [0.25, 0.3) is 6.08 Å². The summed E-state index contributed by atoms with van der Waals surface area (Å²) < 4.78 is 21.4. The van der Waals surface area contributed by atoms with Crippen LogP contribution in [0.1, 0.15) is 49.9 Å². The molecule has 0 radical (unpaired) electrons. The van der Waals surface area contributed by atoms with Crippen LogP contribution in [-0.4, -0.2) is 56.6 Å². The second kappa shape index (κ2) is 12.0. The molecule has 0 spiro atoms. The molecular formula is C24H30ClFN4O3S. The first-order valence-electron chi connectivity index (χ1n) is 11.4. The number of carbonyl (C=O) groups excluding carboxylic acids is 2. The molecule has 1 saturated carbocycles. The van der Waals surface area contributed by atoms with Gasteiger partial charge in [0.2, 0.25) is 0 Å². The number of rotatable bonds is 9. The van der Waals surface area contributed by atoms with Crippen molar-refractivity contribution < 1.29 is 18.7 Å². The van der Waals surface area contributed by atoms with Crippen molar-refractivity contribution in [1.29, 1.82) is 0 Å². The number of esters is 1. The van der Waals surface area contributed by atoms with Crippen LogP contribution in [0.5, 0.6) is 0 Å². The predicted octanol–water partition coefficient (Wildman–Crippen LogP) is 3.90. The quantitative estimate of drug-likeness (QED) is 0.409. The number of ether oxygens (including phenoxy) is 1. The summed E-state index contributed by atoms with van der Waals surface area (Å²) in [5, 5.41) is 8.07. The van der Waals surface area contributed by atoms with Crippen molar-refractivity contribution in [2.75, 3.05) is 19.7 Å². The van der Waals surface area contributed by atoms with E-state index >= 15 is 0 Å². The number of Topliss-reactive ketones (excluding diaryl/α,β-unsaturated/α-hetero) is 1. The number of carbonyl (C=O) groups is 2. The molecule has 1 saturated heterocycles. The van der Waals surface area contributed by atoms with Gasteiger partial charge in [-0.2, -0.15) is 12.6 Å². The maximum absolute atomic E-state index is 14.7. The summed E-state index contributed by atoms with van der Waals surface area (Å²) in [6.45, 7) is 3.62. The number of ketones is 1. The Hall–Kier alpha value is -2.23. The second-order valence-corrected chi connectivity index (χ2v) is 9.16. The molecule has 4 rings (SSSR count). The Balaban J connectivity index is 0.00000324. The van der Waals surface area contributed by atoms with Crippen molar-refractivity contribution >= 4 is 42.9 Å². The molecule has 34 heavy (non-hydrogen) atoms. The van der Waals surface area contributed by atoms with E-state index in [9.17, 15) is 14.0 Å². The minimum absolute atomic E-state index is 0. The van der Waals surface area contributed by atoms with E-state index < -0.39 is 6.04 Å². The van der Waals surface area contributed by atoms with Crippen molar-refractivity contribution in [1.82, 2.24) is 19.9 Å². The molecule has 2 aliphatic rings. The fourth-order valence-electron chi connectivity index (χ4n) is 4.24. The van der Waals surface area contributed by atoms with E-state index in [1.807, 2.05) is 6.08 Å². The second-order valence-electron chi connectivity index (χ2n) is 8.53. The standard InChI is InChI=1S/C24H29FN4O3S.ClH/c1-2-32-22(30)10-12-29-18(14-26-27-29)13-17-15-28(11-9-21(17)33)23(24(31)16-7-8-16)19-5-3-4-6-20(19)25;/h3-6,13-14,16,21,23,33H,2,7-12,15H2,1H3;1H. The van der Waals surface area contributed by atoms with E-state index in [4.69, 9.17) is 17.4 Å². The van der Waals surface area contributed by atoms with Gasteiger partial charge in [-0.1, -0.05) is 23.4 Å². The maximum Gasteiger partial charge on any atom is 0.307 e. The van der Waals surface area contributed by atoms with Crippen LogP contribution in [-0.2, 0) is 20.9 Å². The number of thiol groups is 1. The molecule has 1 aromatic carbocycles. The molecule has 0 amide bonds. The number of benzene rings is 1. The largest absolute Gasteiger partial charge is 0.466 e. The topological polar surface area (TPSA) is 77.3 Å². The fraction of sp³-hybridized carbons (Fsp3) is 0.500. The van der Waals surface area contributed by atoms with E-state index in [-0.39, 0.29) is 47.6 Å². The normalized spacial score (nSPS) is 20.6. The minimum atomic E-state index is -0.602. The highest BCUT2D eigenvalue weighted by atomic mass is 35.5. The number of nitrogens with zero attached hydrogens (tertiary/aromatic N) is 4. The Labute approximate surface area is 210 Å². The Morgan fingerprint density at radius 2 is 2.06 bits per heavy atom. The van der Waals surface area contributed by atoms with Crippen LogP contribution in [0.4, 0.5) is 4.39 Å². The van der Waals surface area contributed by atoms with Gasteiger partial charge >= 0.3 is 5.97 Å². The number of piperidine rings is 1. The Morgan fingerprint density at radius 3 is 2.76 bits per heavy atom. The maximum atomic E-state index is 14.7. The molecule has 10 heteroatoms. The number of aromatic nitrogens is 3. The molecule has 7 nitrogen and oxygen atoms in total. The van der Waals surface area contributed by atoms with Crippen LogP contribution in [0.15, 0.2) is 36.0 Å². The van der Waals surface area contributed by atoms with Gasteiger partial charge in [0, 0.05) is 29.8 Å². The number of hydrogen-bond donors (Lipinski definition) is 1. The van der Waals surface area contributed by atoms with Gasteiger partial charge in [-0.05, 0) is 43.9 Å². The van der Waals surface area contributed by atoms with Crippen molar-refractivity contribution in [2.45, 2.75) is 50.4 Å². The molecular weight excluding hydrogens is 479 g/mol. The van der Waals surface area contributed by atoms with Crippen LogP contribution >= 0.6 is 25.0 Å². The van der Waals surface area contributed by atoms with Crippen LogP contribution in [0.3, 0.4) is 0 Å². The molecule has 2 aromatic rings. The highest BCUT2D eigenvalue weighted by molar-refractivity contribution is 7.81. The molecule has 2 atom stereocenters. The molecule has 0 N–H and O–H groups in total. The Morgan fingerprint density at radius 1 is 1.29 bits per heavy atom. The third-order valence-electron chi connectivity index (χ3n) is 6.13. The van der Waals surface area contributed by atoms with Gasteiger partial charge < -0.3 is 4.74 Å². The third-order valence-corrected chi connectivity index (χ3v) is 6.72. The summed E-state index contributed by atoms with van der Waals surface area (Å²) in [5.41, 5.74) is 2.20. The summed E-state index contributed by atoms with van der Waals surface area (Å²) in [5.74, 6) is -0.521. The highest BCUT2D eigenvalue weighted by Gasteiger charge is 2.40. The summed E-state index contributed by atoms with van der Waals surface area (Å²) >= 11 is 4.76. The summed E-state index contributed by atoms with van der Waals surface area (Å²) in [4.78, 5) is 27.0. The third kappa shape index (κ3) is 6.25. The average molecular weight is 509 g/mol. The lowest BCUT2D eigenvalue weighted by Gasteiger charge is -2.37. The first kappa shape index (κ1) is 26.4. The Bertz CT molecular complexity index is 1040. The molecule has 2 heterocycles. The van der Waals surface area contributed by atoms with Crippen LogP contribution in [0.2, 0.25) is 0 Å². The zero-order valence-corrected chi connectivity index (χ0v) is 20.8. The molecule has 184 valence electrons. The number of likely N-dealkylation sites (tertiary alicyclic amines) is 1. The first-order chi connectivity index (χ1) is 16.0. The summed E-state index contributed by atoms with van der Waals surface area (Å²) in [6, 6.07) is 5.95. The van der Waals surface area contributed by atoms with Crippen molar-refractivity contribution in [2.24, 2.45) is 5.92 Å². The Kier molecular flexibility index (Phi) is 9.27. The lowest BCUT2D eigenvalue weighted by atomic mass is 9.93. The lowest BCUT2D eigenvalue weighted by molar-refractivity contribution is -0.143. The van der Waals surface area contributed by atoms with E-state index in [1.165, 1.54) is 6.07 Å². The van der Waals surface area contributed by atoms with Gasteiger partial charge in [-0.3, -0.25) is 14.5 Å². The zero-order chi connectivity index (χ0) is 23.4. The molecule has 2 fully saturated rings. The van der Waals surface area contributed by atoms with Gasteiger partial charge in [0.15, 0.2) is 5.78 Å². The lowest BCUT2D eigenvalue weighted by Crippen LogP contribution is -2.42. The number of halogens is 2. The molecule has 1 aliphatic heterocycles. The van der Waals surface area contributed by atoms with Gasteiger partial charge in [0.05, 0.1) is 37.5 Å². The summed E-state index contributed by atoms with van der Waals surface area (Å²) in [6.07, 6.45) is 6.30. The van der Waals surface area contributed by atoms with Crippen LogP contribution in [0, 0.1) is 11.7 Å². The van der Waals surface area contributed by atoms with Gasteiger partial charge in [0.1, 0.15) is 5.82 Å². The van der Waals surface area contributed by atoms with E-state index in [0.717, 1.165) is 30.5 Å². The smallest absolute Gasteiger partial charge is 0.307 e. The van der Waals surface area contributed by atoms with Gasteiger partial charge in [-0.25, -0.2) is 9.07 Å². The molecule has 2 unspecified atom stereocenters. The van der Waals surface area contributed by atoms with Gasteiger partial charge in [0.25, 0.3) is 0 Å². The first-order valence-corrected chi connectivity index (χ1v) is 11.9. The highest BCUT2D eigenvalue weighted by Crippen LogP contribution is 2.39. The van der Waals surface area contributed by atoms with E-state index in [1.54, 1.807) is 36.0 Å². The SMILES string of the molecule is CCOC(=O)CCn1nncc1C=C1CN(C(C(=O)C2CC2)c2ccccc2F)CCC1S.Cl. The number of aryl methyl sites for hydroxylation is 1. The molecule has 1 aliphatic carbocycles. The minimum Gasteiger partial charge on any atom is -0.466 e. The van der Waals surface area contributed by atoms with Crippen molar-refractivity contribution in [3.05, 3.63) is 53.1 Å². The fourth-order valence-corrected chi connectivity index (χ4v) is 4.52. The average Bonchev–Trinajstić information content (AvgIpc) is 3.56. The van der Waals surface area contributed by atoms with E-state index in [0.29, 0.717) is 31.8 Å². The van der Waals surface area contributed by atoms with Crippen LogP contribution < -0.4 is 0 Å². The van der Waals surface area contributed by atoms with Crippen molar-refractivity contribution in [3.63, 3.8) is 0 Å². The molecule has 0 bridgehead atoms. The van der Waals surface area contributed by atoms with E-state index in [2.05, 4.69) is 15.2 Å². The summed E-state index contributed by atoms with van der Waals surface area (Å²) in [7, 11) is 0. The molecule has 1 aromatic heterocycles. The predicted molar refractivity (Wildman–Crippen MR) is 132 cm³/mol. The zero-order valence-electron chi connectivity index (χ0n) is 19.1.